The molecule has 0 unspecified atom stereocenters. The number of piperazine rings is 1. The number of benzene rings is 4. The van der Waals surface area contributed by atoms with Gasteiger partial charge in [-0.3, -0.25) is 43.5 Å². The number of likely N-dealkylation sites (N-methyl/N-ethyl adjacent to an activating group) is 1. The van der Waals surface area contributed by atoms with Crippen molar-refractivity contribution in [2.45, 2.75) is 102 Å². The number of nitrogens with one attached hydrogen (secondary N) is 6. The molecular formula is C59H76Cl3F3N10O8. The highest BCUT2D eigenvalue weighted by Crippen LogP contribution is 2.41. The molecule has 3 saturated heterocycles. The zero-order valence-electron chi connectivity index (χ0n) is 47.3. The molecule has 0 bridgehead atoms. The van der Waals surface area contributed by atoms with Crippen molar-refractivity contribution in [2.24, 2.45) is 5.92 Å². The lowest BCUT2D eigenvalue weighted by Gasteiger charge is -2.44. The number of ether oxygens (including phenoxy) is 2. The van der Waals surface area contributed by atoms with Crippen LogP contribution in [0.2, 0.25) is 0 Å². The summed E-state index contributed by atoms with van der Waals surface area (Å²) in [6, 6.07) is 16.9. The van der Waals surface area contributed by atoms with Gasteiger partial charge in [0.2, 0.25) is 29.5 Å². The Morgan fingerprint density at radius 2 is 1.57 bits per heavy atom. The first-order valence-corrected chi connectivity index (χ1v) is 27.7. The second kappa shape index (κ2) is 29.3. The molecule has 7 atom stereocenters. The van der Waals surface area contributed by atoms with Crippen LogP contribution in [-0.2, 0) is 56.6 Å². The van der Waals surface area contributed by atoms with E-state index < -0.39 is 76.3 Å². The van der Waals surface area contributed by atoms with Gasteiger partial charge >= 0.3 is 0 Å². The molecule has 0 aromatic heterocycles. The second-order valence-electron chi connectivity index (χ2n) is 22.1. The van der Waals surface area contributed by atoms with Crippen molar-refractivity contribution in [3.63, 3.8) is 0 Å². The first-order chi connectivity index (χ1) is 38.4. The highest BCUT2D eigenvalue weighted by atomic mass is 35.5. The van der Waals surface area contributed by atoms with E-state index in [0.717, 1.165) is 41.6 Å². The Balaban J connectivity index is 0.00000369. The highest BCUT2D eigenvalue weighted by Gasteiger charge is 2.47. The summed E-state index contributed by atoms with van der Waals surface area (Å²) in [5, 5.41) is 18.0. The van der Waals surface area contributed by atoms with Crippen LogP contribution < -0.4 is 31.9 Å². The molecule has 0 saturated carbocycles. The van der Waals surface area contributed by atoms with Crippen molar-refractivity contribution in [3.05, 3.63) is 124 Å². The number of imide groups is 1. The molecule has 9 rings (SSSR count). The lowest BCUT2D eigenvalue weighted by Crippen LogP contribution is -2.62. The van der Waals surface area contributed by atoms with Crippen LogP contribution in [0.4, 0.5) is 30.2 Å². The highest BCUT2D eigenvalue weighted by molar-refractivity contribution is 6.04. The molecule has 0 aliphatic carbocycles. The number of para-hydroxylation sites is 1. The van der Waals surface area contributed by atoms with Crippen LogP contribution in [0.25, 0.3) is 0 Å². The zero-order valence-corrected chi connectivity index (χ0v) is 49.7. The van der Waals surface area contributed by atoms with Gasteiger partial charge in [0.1, 0.15) is 35.2 Å². The van der Waals surface area contributed by atoms with Crippen LogP contribution in [0.15, 0.2) is 78.9 Å². The van der Waals surface area contributed by atoms with E-state index in [1.165, 1.54) is 28.0 Å². The predicted octanol–water partition coefficient (Wildman–Crippen LogP) is 5.95. The Morgan fingerprint density at radius 3 is 2.27 bits per heavy atom. The average Bonchev–Trinajstić information content (AvgIpc) is 4.19. The van der Waals surface area contributed by atoms with Crippen molar-refractivity contribution in [2.75, 3.05) is 95.2 Å². The number of carbonyl (C=O) groups excluding carboxylic acids is 6. The van der Waals surface area contributed by atoms with Crippen LogP contribution in [0.5, 0.6) is 0 Å². The summed E-state index contributed by atoms with van der Waals surface area (Å²) in [5.74, 6) is -6.21. The molecule has 18 nitrogen and oxygen atoms in total. The standard InChI is InChI=1S/C59H73F3N10O8.3ClH/c1-35-29-70(44(28-64-35)31-69-21-24-80-33-36(69)2)32-51(74)71(58(78)59(4)34-65-49-26-39(11-16-46(49)59)25-38-9-13-42(60)14-10-38)20-17-50(73)66-43-15-12-41-30-72(54(45(41)27-43)56(76)68-53-47(61)7-6-8-48(53)62)57(77)52(40-18-22-79-23-19-40)67-55(75)37(3)63-5;;;/h6-16,26-27,35-37,40,44,52,54,63-65H,17-25,28-34H2,1-5H3,(H,66,73)(H,67,75)(H,68,76);3*1H/t35-,36-,37+,44-,52+,54+,59-;;;/m1.../s1. The van der Waals surface area contributed by atoms with Gasteiger partial charge in [0, 0.05) is 94.9 Å². The van der Waals surface area contributed by atoms with Crippen LogP contribution in [0.3, 0.4) is 0 Å². The largest absolute Gasteiger partial charge is 0.383 e. The summed E-state index contributed by atoms with van der Waals surface area (Å²) in [7, 11) is 1.61. The molecule has 0 spiro atoms. The summed E-state index contributed by atoms with van der Waals surface area (Å²) in [6.45, 7) is 11.8. The van der Waals surface area contributed by atoms with Gasteiger partial charge in [-0.15, -0.1) is 37.2 Å². The number of rotatable bonds is 18. The minimum absolute atomic E-state index is 0. The summed E-state index contributed by atoms with van der Waals surface area (Å²) in [5.41, 5.74) is 2.36. The molecule has 6 amide bonds. The molecule has 3 fully saturated rings. The van der Waals surface area contributed by atoms with Crippen molar-refractivity contribution < 1.29 is 51.4 Å². The topological polar surface area (TPSA) is 206 Å². The fraction of sp³-hybridized carbons (Fsp3) is 0.492. The summed E-state index contributed by atoms with van der Waals surface area (Å²) < 4.78 is 55.2. The summed E-state index contributed by atoms with van der Waals surface area (Å²) in [4.78, 5) is 94.1. The SMILES string of the molecule is CN[C@@H](C)C(=O)N[C@H](C(=O)N1Cc2ccc(NC(=O)CCN(C(=O)CN3C[C@@H](C)NC[C@@H]3CN3CCOC[C@H]3C)C(=O)[C@]3(C)CNc4cc(Cc5ccc(F)cc5)ccc43)cc2[C@H]1C(=O)Nc1c(F)cccc1F)C1CCOCC1.Cl.Cl.Cl. The fourth-order valence-corrected chi connectivity index (χ4v) is 11.6. The van der Waals surface area contributed by atoms with Crippen molar-refractivity contribution in [3.8, 4) is 0 Å². The fourth-order valence-electron chi connectivity index (χ4n) is 11.6. The molecule has 6 N–H and O–H groups in total. The van der Waals surface area contributed by atoms with Crippen LogP contribution in [0.1, 0.15) is 80.8 Å². The van der Waals surface area contributed by atoms with Crippen molar-refractivity contribution >= 4 is 89.7 Å². The third-order valence-corrected chi connectivity index (χ3v) is 16.5. The minimum Gasteiger partial charge on any atom is -0.383 e. The number of hydrogen-bond donors (Lipinski definition) is 6. The van der Waals surface area contributed by atoms with E-state index in [4.69, 9.17) is 9.47 Å². The van der Waals surface area contributed by atoms with Gasteiger partial charge in [0.15, 0.2) is 0 Å². The van der Waals surface area contributed by atoms with E-state index in [-0.39, 0.29) is 111 Å². The molecule has 5 heterocycles. The van der Waals surface area contributed by atoms with E-state index in [1.807, 2.05) is 25.1 Å². The first-order valence-electron chi connectivity index (χ1n) is 27.7. The van der Waals surface area contributed by atoms with E-state index in [0.29, 0.717) is 76.5 Å². The molecule has 4 aromatic carbocycles. The number of carbonyl (C=O) groups is 6. The normalized spacial score (nSPS) is 22.2. The maximum absolute atomic E-state index is 15.2. The molecule has 452 valence electrons. The van der Waals surface area contributed by atoms with E-state index in [1.54, 1.807) is 45.2 Å². The number of halogens is 6. The Morgan fingerprint density at radius 1 is 0.855 bits per heavy atom. The lowest BCUT2D eigenvalue weighted by molar-refractivity contribution is -0.149. The Kier molecular flexibility index (Phi) is 23.4. The van der Waals surface area contributed by atoms with Crippen molar-refractivity contribution in [1.82, 2.24) is 35.6 Å². The van der Waals surface area contributed by atoms with E-state index in [9.17, 15) is 28.4 Å². The Labute approximate surface area is 501 Å². The lowest BCUT2D eigenvalue weighted by atomic mass is 9.82. The molecule has 83 heavy (non-hydrogen) atoms. The predicted molar refractivity (Wildman–Crippen MR) is 317 cm³/mol. The number of anilines is 3. The van der Waals surface area contributed by atoms with Gasteiger partial charge in [-0.2, -0.15) is 0 Å². The van der Waals surface area contributed by atoms with Gasteiger partial charge in [-0.05, 0) is 130 Å². The van der Waals surface area contributed by atoms with Gasteiger partial charge in [0.25, 0.3) is 5.91 Å². The number of nitrogens with zero attached hydrogens (tertiary/aromatic N) is 4. The molecule has 5 aliphatic heterocycles. The van der Waals surface area contributed by atoms with Crippen LogP contribution in [0, 0.1) is 23.4 Å². The van der Waals surface area contributed by atoms with E-state index >= 15 is 13.6 Å². The smallest absolute Gasteiger partial charge is 0.252 e. The molecule has 24 heteroatoms. The monoisotopic (exact) mass is 1210 g/mol. The van der Waals surface area contributed by atoms with Gasteiger partial charge < -0.3 is 46.3 Å². The number of hydrogen-bond acceptors (Lipinski definition) is 13. The van der Waals surface area contributed by atoms with Crippen LogP contribution in [-0.4, -0.2) is 165 Å². The average molecular weight is 1220 g/mol. The molecule has 5 aliphatic rings. The maximum atomic E-state index is 15.2. The number of morpholine rings is 1. The van der Waals surface area contributed by atoms with Crippen molar-refractivity contribution in [1.29, 1.82) is 0 Å². The quantitative estimate of drug-likeness (QED) is 0.0683. The van der Waals surface area contributed by atoms with E-state index in [2.05, 4.69) is 48.6 Å². The maximum Gasteiger partial charge on any atom is 0.252 e. The Bertz CT molecular complexity index is 2940. The zero-order chi connectivity index (χ0) is 56.8. The second-order valence-corrected chi connectivity index (χ2v) is 22.1. The molecule has 4 aromatic rings. The summed E-state index contributed by atoms with van der Waals surface area (Å²) >= 11 is 0. The number of amides is 6. The third-order valence-electron chi connectivity index (χ3n) is 16.5. The molecular weight excluding hydrogens is 1140 g/mol. The van der Waals surface area contributed by atoms with Crippen LogP contribution >= 0.6 is 37.2 Å². The third kappa shape index (κ3) is 15.3. The molecule has 0 radical (unpaired) electrons. The van der Waals surface area contributed by atoms with Gasteiger partial charge in [-0.1, -0.05) is 36.4 Å². The summed E-state index contributed by atoms with van der Waals surface area (Å²) in [6.07, 6.45) is 1.11. The number of fused-ring (bicyclic) bond motifs is 2. The van der Waals surface area contributed by atoms with Gasteiger partial charge in [0.05, 0.1) is 31.2 Å². The van der Waals surface area contributed by atoms with Gasteiger partial charge in [-0.25, -0.2) is 13.2 Å². The Hall–Kier alpha value is -5.88. The first kappa shape index (κ1) is 66.3. The minimum atomic E-state index is -1.47.